The van der Waals surface area contributed by atoms with Crippen molar-refractivity contribution < 1.29 is 24.2 Å². The van der Waals surface area contributed by atoms with Gasteiger partial charge < -0.3 is 14.6 Å². The molecule has 0 aliphatic rings. The second-order valence-corrected chi connectivity index (χ2v) is 20.8. The number of ether oxygens (including phenoxy) is 2. The van der Waals surface area contributed by atoms with Crippen LogP contribution < -0.4 is 0 Å². The number of unbranched alkanes of at least 4 members (excludes halogenated alkanes) is 37. The molecule has 0 rings (SSSR count). The Labute approximate surface area is 442 Å². The Morgan fingerprint density at radius 3 is 0.915 bits per heavy atom. The lowest BCUT2D eigenvalue weighted by molar-refractivity contribution is -0.161. The van der Waals surface area contributed by atoms with Gasteiger partial charge in [-0.1, -0.05) is 311 Å². The van der Waals surface area contributed by atoms with Gasteiger partial charge >= 0.3 is 11.9 Å². The first-order valence-corrected chi connectivity index (χ1v) is 31.0. The van der Waals surface area contributed by atoms with Crippen LogP contribution in [0.25, 0.3) is 0 Å². The Balaban J connectivity index is 3.46. The van der Waals surface area contributed by atoms with Crippen LogP contribution in [0.3, 0.4) is 0 Å². The summed E-state index contributed by atoms with van der Waals surface area (Å²) in [5.74, 6) is -0.576. The molecule has 0 aromatic rings. The Bertz CT molecular complexity index is 1260. The molecule has 0 spiro atoms. The second-order valence-electron chi connectivity index (χ2n) is 20.8. The van der Waals surface area contributed by atoms with Gasteiger partial charge in [0.05, 0.1) is 6.61 Å². The van der Waals surface area contributed by atoms with Gasteiger partial charge in [0, 0.05) is 12.8 Å². The lowest BCUT2D eigenvalue weighted by Crippen LogP contribution is -2.28. The van der Waals surface area contributed by atoms with Gasteiger partial charge in [0.2, 0.25) is 0 Å². The molecule has 0 aliphatic heterocycles. The topological polar surface area (TPSA) is 72.8 Å². The van der Waals surface area contributed by atoms with Crippen LogP contribution in [0.15, 0.2) is 72.9 Å². The molecular formula is C66H118O5. The van der Waals surface area contributed by atoms with Crippen molar-refractivity contribution in [1.82, 2.24) is 0 Å². The second kappa shape index (κ2) is 61.6. The van der Waals surface area contributed by atoms with E-state index < -0.39 is 6.10 Å². The minimum absolute atomic E-state index is 0.0633. The van der Waals surface area contributed by atoms with Crippen molar-refractivity contribution in [2.75, 3.05) is 13.2 Å². The van der Waals surface area contributed by atoms with Crippen LogP contribution in [-0.2, 0) is 19.1 Å². The molecule has 0 saturated carbocycles. The van der Waals surface area contributed by atoms with Crippen molar-refractivity contribution in [3.05, 3.63) is 72.9 Å². The first-order chi connectivity index (χ1) is 35.1. The number of hydrogen-bond acceptors (Lipinski definition) is 5. The van der Waals surface area contributed by atoms with E-state index in [0.29, 0.717) is 12.8 Å². The highest BCUT2D eigenvalue weighted by molar-refractivity contribution is 5.70. The molecule has 1 atom stereocenters. The van der Waals surface area contributed by atoms with Crippen LogP contribution in [0.5, 0.6) is 0 Å². The average Bonchev–Trinajstić information content (AvgIpc) is 3.37. The minimum atomic E-state index is -0.773. The molecule has 71 heavy (non-hydrogen) atoms. The van der Waals surface area contributed by atoms with E-state index in [1.807, 2.05) is 0 Å². The zero-order chi connectivity index (χ0) is 51.3. The molecule has 0 amide bonds. The van der Waals surface area contributed by atoms with E-state index in [9.17, 15) is 14.7 Å². The van der Waals surface area contributed by atoms with E-state index in [1.54, 1.807) is 0 Å². The number of allylic oxidation sites excluding steroid dienone is 12. The van der Waals surface area contributed by atoms with Gasteiger partial charge in [0.1, 0.15) is 6.61 Å². The molecule has 0 radical (unpaired) electrons. The van der Waals surface area contributed by atoms with Gasteiger partial charge in [0.25, 0.3) is 0 Å². The summed E-state index contributed by atoms with van der Waals surface area (Å²) in [4.78, 5) is 24.6. The van der Waals surface area contributed by atoms with Gasteiger partial charge in [0.15, 0.2) is 6.10 Å². The van der Waals surface area contributed by atoms with Crippen molar-refractivity contribution in [2.45, 2.75) is 322 Å². The van der Waals surface area contributed by atoms with Crippen molar-refractivity contribution in [1.29, 1.82) is 0 Å². The van der Waals surface area contributed by atoms with Crippen LogP contribution in [0.4, 0.5) is 0 Å². The zero-order valence-electron chi connectivity index (χ0n) is 47.2. The van der Waals surface area contributed by atoms with E-state index in [4.69, 9.17) is 9.47 Å². The van der Waals surface area contributed by atoms with Crippen LogP contribution in [-0.4, -0.2) is 36.4 Å². The van der Waals surface area contributed by atoms with Gasteiger partial charge in [-0.05, 0) is 64.2 Å². The molecular weight excluding hydrogens is 873 g/mol. The predicted molar refractivity (Wildman–Crippen MR) is 311 cm³/mol. The summed E-state index contributed by atoms with van der Waals surface area (Å²) < 4.78 is 10.7. The molecule has 0 aliphatic carbocycles. The fourth-order valence-corrected chi connectivity index (χ4v) is 9.15. The molecule has 0 saturated heterocycles. The van der Waals surface area contributed by atoms with E-state index >= 15 is 0 Å². The summed E-state index contributed by atoms with van der Waals surface area (Å²) in [5.41, 5.74) is 0. The monoisotopic (exact) mass is 991 g/mol. The van der Waals surface area contributed by atoms with E-state index in [2.05, 4.69) is 86.8 Å². The highest BCUT2D eigenvalue weighted by Crippen LogP contribution is 2.18. The largest absolute Gasteiger partial charge is 0.462 e. The fraction of sp³-hybridized carbons (Fsp3) is 0.788. The minimum Gasteiger partial charge on any atom is -0.462 e. The van der Waals surface area contributed by atoms with Crippen molar-refractivity contribution in [3.8, 4) is 0 Å². The van der Waals surface area contributed by atoms with E-state index in [0.717, 1.165) is 77.0 Å². The third-order valence-electron chi connectivity index (χ3n) is 13.8. The molecule has 412 valence electrons. The standard InChI is InChI=1S/C66H118O5/c1-3-5-7-9-11-13-15-17-19-21-23-25-27-29-30-31-32-33-34-35-36-37-39-41-43-45-47-49-51-53-55-57-59-61-66(69)71-64(62-67)63-70-65(68)60-58-56-54-52-50-48-46-44-42-40-38-28-26-24-22-20-18-16-14-12-10-8-6-4-2/h5,7,11,13,17,19,23,25,29-30,32-33,64,67H,3-4,6,8-10,12,14-16,18,20-22,24,26-28,31,34-63H2,1-2H3/b7-5-,13-11-,19-17-,25-23-,30-29-,33-32-. The molecule has 0 fully saturated rings. The average molecular weight is 992 g/mol. The highest BCUT2D eigenvalue weighted by atomic mass is 16.6. The van der Waals surface area contributed by atoms with Gasteiger partial charge in [-0.3, -0.25) is 9.59 Å². The van der Waals surface area contributed by atoms with Crippen molar-refractivity contribution >= 4 is 11.9 Å². The summed E-state index contributed by atoms with van der Waals surface area (Å²) in [5, 5.41) is 9.68. The zero-order valence-corrected chi connectivity index (χ0v) is 47.2. The number of hydrogen-bond donors (Lipinski definition) is 1. The summed E-state index contributed by atoms with van der Waals surface area (Å²) in [6, 6.07) is 0. The van der Waals surface area contributed by atoms with Gasteiger partial charge in [-0.25, -0.2) is 0 Å². The Hall–Kier alpha value is -2.66. The number of carbonyl (C=O) groups excluding carboxylic acids is 2. The highest BCUT2D eigenvalue weighted by Gasteiger charge is 2.16. The van der Waals surface area contributed by atoms with Crippen LogP contribution in [0.2, 0.25) is 0 Å². The van der Waals surface area contributed by atoms with Crippen molar-refractivity contribution in [2.24, 2.45) is 0 Å². The molecule has 0 heterocycles. The SMILES string of the molecule is CC/C=C\C/C=C\C/C=C\C/C=C\C/C=C\C/C=C\CCCCCCCCCCCCCCCCC(=O)OC(CO)COC(=O)CCCCCCCCCCCCCCCCCCCCCCCCCC. The third-order valence-corrected chi connectivity index (χ3v) is 13.8. The number of rotatable bonds is 57. The number of esters is 2. The summed E-state index contributed by atoms with van der Waals surface area (Å²) in [6.45, 7) is 4.07. The molecule has 1 N–H and O–H groups in total. The summed E-state index contributed by atoms with van der Waals surface area (Å²) in [7, 11) is 0. The number of carbonyl (C=O) groups is 2. The molecule has 0 bridgehead atoms. The fourth-order valence-electron chi connectivity index (χ4n) is 9.15. The Morgan fingerprint density at radius 2 is 0.606 bits per heavy atom. The van der Waals surface area contributed by atoms with Crippen LogP contribution in [0.1, 0.15) is 316 Å². The number of aliphatic hydroxyl groups excluding tert-OH is 1. The predicted octanol–water partition coefficient (Wildman–Crippen LogP) is 21.1. The molecule has 0 aromatic carbocycles. The maximum absolute atomic E-state index is 12.3. The van der Waals surface area contributed by atoms with E-state index in [-0.39, 0.29) is 25.2 Å². The van der Waals surface area contributed by atoms with E-state index in [1.165, 1.54) is 212 Å². The maximum atomic E-state index is 12.3. The molecule has 1 unspecified atom stereocenters. The number of aliphatic hydroxyl groups is 1. The lowest BCUT2D eigenvalue weighted by Gasteiger charge is -2.15. The third kappa shape index (κ3) is 59.8. The lowest BCUT2D eigenvalue weighted by atomic mass is 10.0. The van der Waals surface area contributed by atoms with Gasteiger partial charge in [-0.2, -0.15) is 0 Å². The van der Waals surface area contributed by atoms with Gasteiger partial charge in [-0.15, -0.1) is 0 Å². The smallest absolute Gasteiger partial charge is 0.306 e. The first kappa shape index (κ1) is 68.3. The summed E-state index contributed by atoms with van der Waals surface area (Å²) in [6.07, 6.45) is 84.7. The first-order valence-electron chi connectivity index (χ1n) is 31.0. The Morgan fingerprint density at radius 1 is 0.338 bits per heavy atom. The van der Waals surface area contributed by atoms with Crippen molar-refractivity contribution in [3.63, 3.8) is 0 Å². The molecule has 5 heteroatoms. The quantitative estimate of drug-likeness (QED) is 0.0373. The van der Waals surface area contributed by atoms with Crippen LogP contribution >= 0.6 is 0 Å². The maximum Gasteiger partial charge on any atom is 0.306 e. The molecule has 0 aromatic heterocycles. The normalized spacial score (nSPS) is 12.7. The Kier molecular flexibility index (Phi) is 59.3. The molecule has 5 nitrogen and oxygen atoms in total. The summed E-state index contributed by atoms with van der Waals surface area (Å²) >= 11 is 0. The van der Waals surface area contributed by atoms with Crippen LogP contribution in [0, 0.1) is 0 Å².